The Kier molecular flexibility index (Phi) is 3.82. The second kappa shape index (κ2) is 5.15. The Hall–Kier alpha value is -0.610. The lowest BCUT2D eigenvalue weighted by molar-refractivity contribution is 0.410. The first-order chi connectivity index (χ1) is 7.72. The number of nitrogens with zero attached hydrogens (tertiary/aromatic N) is 2. The second-order valence-electron chi connectivity index (χ2n) is 4.30. The van der Waals surface area contributed by atoms with E-state index in [4.69, 9.17) is 0 Å². The van der Waals surface area contributed by atoms with Gasteiger partial charge in [-0.05, 0) is 40.9 Å². The number of hydrogen-bond acceptors (Lipinski definition) is 3. The predicted molar refractivity (Wildman–Crippen MR) is 71.0 cm³/mol. The highest BCUT2D eigenvalue weighted by Gasteiger charge is 2.25. The summed E-state index contributed by atoms with van der Waals surface area (Å²) in [5, 5.41) is 3.32. The summed E-state index contributed by atoms with van der Waals surface area (Å²) in [5.41, 5.74) is 1.25. The average Bonchev–Trinajstić information content (AvgIpc) is 2.14. The van der Waals surface area contributed by atoms with Gasteiger partial charge < -0.3 is 10.2 Å². The minimum Gasteiger partial charge on any atom is -0.351 e. The van der Waals surface area contributed by atoms with Crippen LogP contribution in [0.4, 0.5) is 5.82 Å². The molecule has 88 valence electrons. The first-order valence-electron chi connectivity index (χ1n) is 5.82. The molecule has 1 saturated heterocycles. The van der Waals surface area contributed by atoms with Crippen LogP contribution in [0.5, 0.6) is 0 Å². The van der Waals surface area contributed by atoms with Gasteiger partial charge in [-0.25, -0.2) is 4.98 Å². The normalized spacial score (nSPS) is 15.9. The highest BCUT2D eigenvalue weighted by molar-refractivity contribution is 9.10. The van der Waals surface area contributed by atoms with Gasteiger partial charge in [-0.2, -0.15) is 0 Å². The van der Waals surface area contributed by atoms with E-state index in [0.717, 1.165) is 36.3 Å². The van der Waals surface area contributed by atoms with Gasteiger partial charge in [-0.3, -0.25) is 0 Å². The first-order valence-corrected chi connectivity index (χ1v) is 6.61. The summed E-state index contributed by atoms with van der Waals surface area (Å²) in [6.07, 6.45) is 3.05. The molecule has 0 bridgehead atoms. The van der Waals surface area contributed by atoms with Crippen molar-refractivity contribution in [3.63, 3.8) is 0 Å². The lowest BCUT2D eigenvalue weighted by Gasteiger charge is -2.39. The van der Waals surface area contributed by atoms with Crippen LogP contribution < -0.4 is 10.2 Å². The fourth-order valence-electron chi connectivity index (χ4n) is 2.03. The van der Waals surface area contributed by atoms with Gasteiger partial charge in [0, 0.05) is 30.3 Å². The monoisotopic (exact) mass is 283 g/mol. The quantitative estimate of drug-likeness (QED) is 0.920. The summed E-state index contributed by atoms with van der Waals surface area (Å²) in [5.74, 6) is 1.14. The number of pyridine rings is 1. The van der Waals surface area contributed by atoms with E-state index < -0.39 is 0 Å². The number of anilines is 1. The molecule has 4 heteroatoms. The summed E-state index contributed by atoms with van der Waals surface area (Å²) in [7, 11) is 0. The summed E-state index contributed by atoms with van der Waals surface area (Å²) < 4.78 is 1.05. The van der Waals surface area contributed by atoms with Gasteiger partial charge in [0.1, 0.15) is 5.82 Å². The number of aromatic nitrogens is 1. The van der Waals surface area contributed by atoms with E-state index in [1.807, 2.05) is 6.20 Å². The van der Waals surface area contributed by atoms with E-state index in [2.05, 4.69) is 51.0 Å². The maximum absolute atomic E-state index is 4.55. The molecule has 1 aromatic rings. The molecule has 0 atom stereocenters. The molecule has 0 amide bonds. The highest BCUT2D eigenvalue weighted by atomic mass is 79.9. The van der Waals surface area contributed by atoms with Crippen molar-refractivity contribution in [1.29, 1.82) is 0 Å². The summed E-state index contributed by atoms with van der Waals surface area (Å²) in [6, 6.07) is 2.75. The molecule has 0 spiro atoms. The molecule has 16 heavy (non-hydrogen) atoms. The lowest BCUT2D eigenvalue weighted by atomic mass is 10.1. The number of halogens is 1. The van der Waals surface area contributed by atoms with Crippen molar-refractivity contribution in [2.75, 3.05) is 24.5 Å². The van der Waals surface area contributed by atoms with Gasteiger partial charge in [-0.15, -0.1) is 0 Å². The molecule has 0 radical (unpaired) electrons. The van der Waals surface area contributed by atoms with Crippen molar-refractivity contribution in [1.82, 2.24) is 10.3 Å². The van der Waals surface area contributed by atoms with Crippen molar-refractivity contribution in [2.45, 2.75) is 26.3 Å². The number of aryl methyl sites for hydroxylation is 1. The molecular weight excluding hydrogens is 266 g/mol. The first kappa shape index (κ1) is 11.9. The Balaban J connectivity index is 2.23. The molecule has 0 aromatic carbocycles. The molecule has 3 nitrogen and oxygen atoms in total. The van der Waals surface area contributed by atoms with Crippen molar-refractivity contribution < 1.29 is 0 Å². The van der Waals surface area contributed by atoms with Crippen LogP contribution >= 0.6 is 15.9 Å². The van der Waals surface area contributed by atoms with E-state index in [-0.39, 0.29) is 0 Å². The van der Waals surface area contributed by atoms with Crippen LogP contribution in [-0.2, 0) is 0 Å². The Morgan fingerprint density at radius 2 is 2.31 bits per heavy atom. The zero-order chi connectivity index (χ0) is 11.5. The molecule has 0 aliphatic carbocycles. The third kappa shape index (κ3) is 2.38. The molecule has 1 aliphatic heterocycles. The average molecular weight is 284 g/mol. The van der Waals surface area contributed by atoms with Gasteiger partial charge in [0.25, 0.3) is 0 Å². The van der Waals surface area contributed by atoms with E-state index in [1.165, 1.54) is 5.56 Å². The van der Waals surface area contributed by atoms with Gasteiger partial charge in [-0.1, -0.05) is 6.92 Å². The topological polar surface area (TPSA) is 28.2 Å². The fourth-order valence-corrected chi connectivity index (χ4v) is 2.48. The standard InChI is InChI=1S/C12H18BrN3/c1-3-4-16(11-7-14-8-11)12-9(2)5-10(13)6-15-12/h5-6,11,14H,3-4,7-8H2,1-2H3. The molecule has 0 unspecified atom stereocenters. The van der Waals surface area contributed by atoms with Crippen LogP contribution in [-0.4, -0.2) is 30.7 Å². The molecule has 0 saturated carbocycles. The largest absolute Gasteiger partial charge is 0.351 e. The summed E-state index contributed by atoms with van der Waals surface area (Å²) in [4.78, 5) is 6.98. The summed E-state index contributed by atoms with van der Waals surface area (Å²) >= 11 is 3.46. The zero-order valence-corrected chi connectivity index (χ0v) is 11.4. The number of rotatable bonds is 4. The lowest BCUT2D eigenvalue weighted by Crippen LogP contribution is -2.58. The van der Waals surface area contributed by atoms with Gasteiger partial charge >= 0.3 is 0 Å². The van der Waals surface area contributed by atoms with E-state index in [9.17, 15) is 0 Å². The Morgan fingerprint density at radius 1 is 1.56 bits per heavy atom. The zero-order valence-electron chi connectivity index (χ0n) is 9.83. The minimum atomic E-state index is 0.618. The van der Waals surface area contributed by atoms with Crippen LogP contribution in [0.15, 0.2) is 16.7 Å². The maximum atomic E-state index is 4.55. The van der Waals surface area contributed by atoms with Crippen LogP contribution in [0.25, 0.3) is 0 Å². The minimum absolute atomic E-state index is 0.618. The Morgan fingerprint density at radius 3 is 2.81 bits per heavy atom. The van der Waals surface area contributed by atoms with Crippen molar-refractivity contribution in [2.24, 2.45) is 0 Å². The molecule has 2 heterocycles. The molecule has 1 N–H and O–H groups in total. The van der Waals surface area contributed by atoms with E-state index >= 15 is 0 Å². The third-order valence-electron chi connectivity index (χ3n) is 2.95. The molecule has 2 rings (SSSR count). The van der Waals surface area contributed by atoms with Crippen LogP contribution in [0.3, 0.4) is 0 Å². The van der Waals surface area contributed by atoms with Gasteiger partial charge in [0.05, 0.1) is 6.04 Å². The van der Waals surface area contributed by atoms with Gasteiger partial charge in [0.15, 0.2) is 0 Å². The van der Waals surface area contributed by atoms with Gasteiger partial charge in [0.2, 0.25) is 0 Å². The SMILES string of the molecule is CCCN(c1ncc(Br)cc1C)C1CNC1. The van der Waals surface area contributed by atoms with E-state index in [0.29, 0.717) is 6.04 Å². The Bertz CT molecular complexity index is 363. The Labute approximate surface area is 105 Å². The molecule has 1 aliphatic rings. The predicted octanol–water partition coefficient (Wildman–Crippen LogP) is 2.34. The smallest absolute Gasteiger partial charge is 0.131 e. The van der Waals surface area contributed by atoms with Crippen molar-refractivity contribution in [3.05, 3.63) is 22.3 Å². The maximum Gasteiger partial charge on any atom is 0.131 e. The number of nitrogens with one attached hydrogen (secondary N) is 1. The number of hydrogen-bond donors (Lipinski definition) is 1. The van der Waals surface area contributed by atoms with Crippen LogP contribution in [0.1, 0.15) is 18.9 Å². The van der Waals surface area contributed by atoms with E-state index in [1.54, 1.807) is 0 Å². The molecular formula is C12H18BrN3. The second-order valence-corrected chi connectivity index (χ2v) is 5.22. The molecule has 1 fully saturated rings. The highest BCUT2D eigenvalue weighted by Crippen LogP contribution is 2.23. The van der Waals surface area contributed by atoms with Crippen LogP contribution in [0, 0.1) is 6.92 Å². The van der Waals surface area contributed by atoms with Crippen LogP contribution in [0.2, 0.25) is 0 Å². The third-order valence-corrected chi connectivity index (χ3v) is 3.39. The van der Waals surface area contributed by atoms with Crippen molar-refractivity contribution >= 4 is 21.7 Å². The van der Waals surface area contributed by atoms with Crippen molar-refractivity contribution in [3.8, 4) is 0 Å². The summed E-state index contributed by atoms with van der Waals surface area (Å²) in [6.45, 7) is 7.59. The molecule has 1 aromatic heterocycles. The fraction of sp³-hybridized carbons (Fsp3) is 0.583.